The molecule has 1 saturated heterocycles. The Labute approximate surface area is 103 Å². The maximum absolute atomic E-state index is 12.0. The summed E-state index contributed by atoms with van der Waals surface area (Å²) in [7, 11) is -2.99. The minimum Gasteiger partial charge on any atom is -0.350 e. The van der Waals surface area contributed by atoms with Crippen LogP contribution >= 0.6 is 0 Å². The van der Waals surface area contributed by atoms with E-state index >= 15 is 0 Å². The first kappa shape index (κ1) is 14.4. The van der Waals surface area contributed by atoms with E-state index in [0.29, 0.717) is 13.0 Å². The second-order valence-electron chi connectivity index (χ2n) is 5.11. The molecule has 3 N–H and O–H groups in total. The fourth-order valence-corrected chi connectivity index (χ4v) is 4.31. The summed E-state index contributed by atoms with van der Waals surface area (Å²) >= 11 is 0. The van der Waals surface area contributed by atoms with Gasteiger partial charge in [-0.1, -0.05) is 13.3 Å². The SMILES string of the molecule is CCCC(CN)C(=O)NC1(C)CCS(=O)(=O)C1. The Morgan fingerprint density at radius 2 is 2.18 bits per heavy atom. The second kappa shape index (κ2) is 5.35. The lowest BCUT2D eigenvalue weighted by atomic mass is 9.98. The maximum Gasteiger partial charge on any atom is 0.224 e. The number of hydrogen-bond acceptors (Lipinski definition) is 4. The Morgan fingerprint density at radius 3 is 2.59 bits per heavy atom. The van der Waals surface area contributed by atoms with E-state index < -0.39 is 15.4 Å². The average Bonchev–Trinajstić information content (AvgIpc) is 2.49. The van der Waals surface area contributed by atoms with Gasteiger partial charge in [-0.15, -0.1) is 0 Å². The topological polar surface area (TPSA) is 89.3 Å². The zero-order chi connectivity index (χ0) is 13.1. The molecule has 2 atom stereocenters. The van der Waals surface area contributed by atoms with Gasteiger partial charge in [0.1, 0.15) is 0 Å². The molecule has 0 aromatic rings. The van der Waals surface area contributed by atoms with Crippen LogP contribution in [0.1, 0.15) is 33.1 Å². The molecule has 0 bridgehead atoms. The summed E-state index contributed by atoms with van der Waals surface area (Å²) in [6.07, 6.45) is 2.12. The number of nitrogens with two attached hydrogens (primary N) is 1. The van der Waals surface area contributed by atoms with Crippen LogP contribution in [0.15, 0.2) is 0 Å². The molecule has 0 aliphatic carbocycles. The minimum atomic E-state index is -2.99. The monoisotopic (exact) mass is 262 g/mol. The van der Waals surface area contributed by atoms with Gasteiger partial charge in [0, 0.05) is 6.54 Å². The number of carbonyl (C=O) groups excluding carboxylic acids is 1. The summed E-state index contributed by atoms with van der Waals surface area (Å²) in [5, 5.41) is 2.85. The predicted molar refractivity (Wildman–Crippen MR) is 67.3 cm³/mol. The smallest absolute Gasteiger partial charge is 0.224 e. The molecule has 0 radical (unpaired) electrons. The van der Waals surface area contributed by atoms with Gasteiger partial charge in [0.05, 0.1) is 23.0 Å². The van der Waals surface area contributed by atoms with Crippen LogP contribution in [0, 0.1) is 5.92 Å². The van der Waals surface area contributed by atoms with Gasteiger partial charge in [-0.05, 0) is 19.8 Å². The molecule has 100 valence electrons. The number of sulfone groups is 1. The lowest BCUT2D eigenvalue weighted by Gasteiger charge is -2.26. The summed E-state index contributed by atoms with van der Waals surface area (Å²) in [6.45, 7) is 4.09. The molecule has 2 unspecified atom stereocenters. The van der Waals surface area contributed by atoms with E-state index in [1.807, 2.05) is 6.92 Å². The molecule has 1 aliphatic heterocycles. The van der Waals surface area contributed by atoms with Crippen LogP contribution < -0.4 is 11.1 Å². The number of nitrogens with one attached hydrogen (secondary N) is 1. The maximum atomic E-state index is 12.0. The Bertz CT molecular complexity index is 380. The molecular formula is C11H22N2O3S. The van der Waals surface area contributed by atoms with Gasteiger partial charge in [-0.2, -0.15) is 0 Å². The fourth-order valence-electron chi connectivity index (χ4n) is 2.21. The minimum absolute atomic E-state index is 0.0369. The van der Waals surface area contributed by atoms with E-state index in [-0.39, 0.29) is 23.3 Å². The van der Waals surface area contributed by atoms with Crippen molar-refractivity contribution in [1.29, 1.82) is 0 Å². The first-order valence-electron chi connectivity index (χ1n) is 6.04. The van der Waals surface area contributed by atoms with Crippen LogP contribution in [0.4, 0.5) is 0 Å². The van der Waals surface area contributed by atoms with Crippen molar-refractivity contribution in [3.05, 3.63) is 0 Å². The van der Waals surface area contributed by atoms with E-state index in [2.05, 4.69) is 5.32 Å². The molecule has 1 fully saturated rings. The van der Waals surface area contributed by atoms with Crippen molar-refractivity contribution in [1.82, 2.24) is 5.32 Å². The summed E-state index contributed by atoms with van der Waals surface area (Å²) in [4.78, 5) is 12.0. The molecule has 1 rings (SSSR count). The normalized spacial score (nSPS) is 28.9. The van der Waals surface area contributed by atoms with E-state index in [1.165, 1.54) is 0 Å². The summed E-state index contributed by atoms with van der Waals surface area (Å²) in [5.41, 5.74) is 4.94. The van der Waals surface area contributed by atoms with Crippen LogP contribution in [0.25, 0.3) is 0 Å². The van der Waals surface area contributed by atoms with Crippen molar-refractivity contribution in [2.75, 3.05) is 18.1 Å². The zero-order valence-corrected chi connectivity index (χ0v) is 11.3. The van der Waals surface area contributed by atoms with E-state index in [1.54, 1.807) is 6.92 Å². The largest absolute Gasteiger partial charge is 0.350 e. The number of amides is 1. The lowest BCUT2D eigenvalue weighted by molar-refractivity contribution is -0.126. The zero-order valence-electron chi connectivity index (χ0n) is 10.5. The van der Waals surface area contributed by atoms with Gasteiger partial charge in [-0.3, -0.25) is 4.79 Å². The van der Waals surface area contributed by atoms with Crippen LogP contribution in [-0.2, 0) is 14.6 Å². The summed E-state index contributed by atoms with van der Waals surface area (Å²) in [6, 6.07) is 0. The lowest BCUT2D eigenvalue weighted by Crippen LogP contribution is -2.50. The van der Waals surface area contributed by atoms with Crippen LogP contribution in [0.2, 0.25) is 0 Å². The third kappa shape index (κ3) is 3.96. The van der Waals surface area contributed by atoms with E-state index in [4.69, 9.17) is 5.73 Å². The molecule has 1 heterocycles. The van der Waals surface area contributed by atoms with E-state index in [0.717, 1.165) is 12.8 Å². The third-order valence-corrected chi connectivity index (χ3v) is 5.12. The fraction of sp³-hybridized carbons (Fsp3) is 0.909. The van der Waals surface area contributed by atoms with Crippen molar-refractivity contribution in [3.8, 4) is 0 Å². The van der Waals surface area contributed by atoms with Gasteiger partial charge in [-0.25, -0.2) is 8.42 Å². The third-order valence-electron chi connectivity index (χ3n) is 3.22. The Balaban J connectivity index is 2.62. The highest BCUT2D eigenvalue weighted by Crippen LogP contribution is 2.23. The molecule has 5 nitrogen and oxygen atoms in total. The van der Waals surface area contributed by atoms with Crippen molar-refractivity contribution in [2.24, 2.45) is 11.7 Å². The highest BCUT2D eigenvalue weighted by atomic mass is 32.2. The highest BCUT2D eigenvalue weighted by Gasteiger charge is 2.40. The molecule has 0 aromatic heterocycles. The molecule has 6 heteroatoms. The Kier molecular flexibility index (Phi) is 4.55. The first-order valence-corrected chi connectivity index (χ1v) is 7.86. The van der Waals surface area contributed by atoms with Crippen LogP contribution in [-0.4, -0.2) is 37.9 Å². The number of rotatable bonds is 5. The standard InChI is InChI=1S/C11H22N2O3S/c1-3-4-9(7-12)10(14)13-11(2)5-6-17(15,16)8-11/h9H,3-8,12H2,1-2H3,(H,13,14). The Hall–Kier alpha value is -0.620. The van der Waals surface area contributed by atoms with Crippen molar-refractivity contribution in [3.63, 3.8) is 0 Å². The quantitative estimate of drug-likeness (QED) is 0.733. The average molecular weight is 262 g/mol. The first-order chi connectivity index (χ1) is 7.82. The van der Waals surface area contributed by atoms with Crippen LogP contribution in [0.3, 0.4) is 0 Å². The van der Waals surface area contributed by atoms with Crippen molar-refractivity contribution in [2.45, 2.75) is 38.6 Å². The van der Waals surface area contributed by atoms with Gasteiger partial charge in [0.15, 0.2) is 9.84 Å². The number of hydrogen-bond donors (Lipinski definition) is 2. The molecule has 0 saturated carbocycles. The number of carbonyl (C=O) groups is 1. The van der Waals surface area contributed by atoms with Gasteiger partial charge in [0.2, 0.25) is 5.91 Å². The molecular weight excluding hydrogens is 240 g/mol. The molecule has 1 aliphatic rings. The van der Waals surface area contributed by atoms with Crippen LogP contribution in [0.5, 0.6) is 0 Å². The van der Waals surface area contributed by atoms with Gasteiger partial charge in [0.25, 0.3) is 0 Å². The van der Waals surface area contributed by atoms with Gasteiger partial charge >= 0.3 is 0 Å². The molecule has 0 aromatic carbocycles. The van der Waals surface area contributed by atoms with E-state index in [9.17, 15) is 13.2 Å². The second-order valence-corrected chi connectivity index (χ2v) is 7.30. The van der Waals surface area contributed by atoms with Crippen molar-refractivity contribution >= 4 is 15.7 Å². The van der Waals surface area contributed by atoms with Crippen molar-refractivity contribution < 1.29 is 13.2 Å². The molecule has 0 spiro atoms. The highest BCUT2D eigenvalue weighted by molar-refractivity contribution is 7.91. The molecule has 17 heavy (non-hydrogen) atoms. The summed E-state index contributed by atoms with van der Waals surface area (Å²) < 4.78 is 22.8. The summed E-state index contributed by atoms with van der Waals surface area (Å²) in [5.74, 6) is -0.130. The van der Waals surface area contributed by atoms with Gasteiger partial charge < -0.3 is 11.1 Å². The molecule has 1 amide bonds. The predicted octanol–water partition coefficient (Wildman–Crippen LogP) is 0.0548. The Morgan fingerprint density at radius 1 is 1.53 bits per heavy atom.